The summed E-state index contributed by atoms with van der Waals surface area (Å²) in [6.07, 6.45) is 0.873. The maximum absolute atomic E-state index is 6.10. The van der Waals surface area contributed by atoms with Crippen LogP contribution in [0.5, 0.6) is 0 Å². The van der Waals surface area contributed by atoms with Crippen LogP contribution in [0.4, 0.5) is 0 Å². The molecule has 0 saturated carbocycles. The number of halogens is 2. The zero-order valence-electron chi connectivity index (χ0n) is 8.92. The van der Waals surface area contributed by atoms with Gasteiger partial charge in [0, 0.05) is 4.88 Å². The van der Waals surface area contributed by atoms with Crippen LogP contribution in [0.3, 0.4) is 0 Å². The molecule has 0 aliphatic carbocycles. The SMILES string of the molecule is CCc1nc(-c2ccc(C)s2)nc(Cl)c1I. The highest BCUT2D eigenvalue weighted by Crippen LogP contribution is 2.28. The predicted molar refractivity (Wildman–Crippen MR) is 77.2 cm³/mol. The lowest BCUT2D eigenvalue weighted by atomic mass is 10.3. The molecule has 2 aromatic heterocycles. The van der Waals surface area contributed by atoms with E-state index in [9.17, 15) is 0 Å². The molecule has 2 rings (SSSR count). The number of nitrogens with zero attached hydrogens (tertiary/aromatic N) is 2. The molecule has 0 atom stereocenters. The minimum atomic E-state index is 0.550. The first-order chi connectivity index (χ1) is 7.61. The van der Waals surface area contributed by atoms with Crippen molar-refractivity contribution in [1.82, 2.24) is 9.97 Å². The second kappa shape index (κ2) is 4.98. The summed E-state index contributed by atoms with van der Waals surface area (Å²) in [7, 11) is 0. The summed E-state index contributed by atoms with van der Waals surface area (Å²) < 4.78 is 0.957. The maximum Gasteiger partial charge on any atom is 0.171 e. The van der Waals surface area contributed by atoms with Crippen molar-refractivity contribution < 1.29 is 0 Å². The standard InChI is InChI=1S/C11H10ClIN2S/c1-3-7-9(13)10(12)15-11(14-7)8-5-4-6(2)16-8/h4-5H,3H2,1-2H3. The first-order valence-corrected chi connectivity index (χ1v) is 7.18. The normalized spacial score (nSPS) is 10.8. The van der Waals surface area contributed by atoms with Crippen LogP contribution in [-0.4, -0.2) is 9.97 Å². The monoisotopic (exact) mass is 364 g/mol. The van der Waals surface area contributed by atoms with Crippen LogP contribution in [0, 0.1) is 10.5 Å². The van der Waals surface area contributed by atoms with Crippen LogP contribution in [0.15, 0.2) is 12.1 Å². The molecule has 2 nitrogen and oxygen atoms in total. The molecule has 0 fully saturated rings. The average molecular weight is 365 g/mol. The Kier molecular flexibility index (Phi) is 3.81. The Morgan fingerprint density at radius 1 is 1.38 bits per heavy atom. The summed E-state index contributed by atoms with van der Waals surface area (Å²) >= 11 is 9.98. The van der Waals surface area contributed by atoms with Gasteiger partial charge in [0.15, 0.2) is 5.82 Å². The molecule has 0 aromatic carbocycles. The highest BCUT2D eigenvalue weighted by molar-refractivity contribution is 14.1. The second-order valence-corrected chi connectivity index (χ2v) is 6.09. The van der Waals surface area contributed by atoms with Crippen LogP contribution in [0.2, 0.25) is 5.15 Å². The lowest BCUT2D eigenvalue weighted by Gasteiger charge is -2.04. The van der Waals surface area contributed by atoms with E-state index in [-0.39, 0.29) is 0 Å². The van der Waals surface area contributed by atoms with E-state index in [0.717, 1.165) is 26.4 Å². The third-order valence-electron chi connectivity index (χ3n) is 2.18. The molecule has 16 heavy (non-hydrogen) atoms. The van der Waals surface area contributed by atoms with Gasteiger partial charge in [0.05, 0.1) is 14.1 Å². The number of hydrogen-bond acceptors (Lipinski definition) is 3. The quantitative estimate of drug-likeness (QED) is 0.585. The van der Waals surface area contributed by atoms with E-state index in [1.165, 1.54) is 4.88 Å². The molecule has 2 heterocycles. The molecule has 0 bridgehead atoms. The van der Waals surface area contributed by atoms with Gasteiger partial charge in [-0.25, -0.2) is 9.97 Å². The zero-order chi connectivity index (χ0) is 11.7. The van der Waals surface area contributed by atoms with E-state index in [2.05, 4.69) is 52.5 Å². The van der Waals surface area contributed by atoms with E-state index < -0.39 is 0 Å². The summed E-state index contributed by atoms with van der Waals surface area (Å²) in [5.41, 5.74) is 1.02. The molecule has 84 valence electrons. The first kappa shape index (κ1) is 12.3. The van der Waals surface area contributed by atoms with Gasteiger partial charge in [-0.15, -0.1) is 11.3 Å². The summed E-state index contributed by atoms with van der Waals surface area (Å²) in [6.45, 7) is 4.15. The Hall–Kier alpha value is -0.200. The molecular weight excluding hydrogens is 355 g/mol. The van der Waals surface area contributed by atoms with Crippen molar-refractivity contribution in [2.45, 2.75) is 20.3 Å². The number of hydrogen-bond donors (Lipinski definition) is 0. The van der Waals surface area contributed by atoms with Crippen LogP contribution < -0.4 is 0 Å². The Morgan fingerprint density at radius 2 is 2.12 bits per heavy atom. The van der Waals surface area contributed by atoms with Crippen molar-refractivity contribution in [3.63, 3.8) is 0 Å². The van der Waals surface area contributed by atoms with Crippen molar-refractivity contribution in [1.29, 1.82) is 0 Å². The van der Waals surface area contributed by atoms with Gasteiger partial charge in [0.25, 0.3) is 0 Å². The second-order valence-electron chi connectivity index (χ2n) is 3.36. The van der Waals surface area contributed by atoms with Crippen molar-refractivity contribution in [2.24, 2.45) is 0 Å². The van der Waals surface area contributed by atoms with Crippen LogP contribution in [0.1, 0.15) is 17.5 Å². The van der Waals surface area contributed by atoms with Gasteiger partial charge in [0.1, 0.15) is 5.15 Å². The Morgan fingerprint density at radius 3 is 2.69 bits per heavy atom. The fraction of sp³-hybridized carbons (Fsp3) is 0.273. The van der Waals surface area contributed by atoms with E-state index in [4.69, 9.17) is 11.6 Å². The van der Waals surface area contributed by atoms with Crippen molar-refractivity contribution in [3.8, 4) is 10.7 Å². The van der Waals surface area contributed by atoms with Crippen molar-refractivity contribution in [2.75, 3.05) is 0 Å². The fourth-order valence-corrected chi connectivity index (χ4v) is 2.98. The van der Waals surface area contributed by atoms with Crippen LogP contribution >= 0.6 is 45.5 Å². The average Bonchev–Trinajstić information content (AvgIpc) is 2.69. The van der Waals surface area contributed by atoms with Crippen LogP contribution in [-0.2, 0) is 6.42 Å². The summed E-state index contributed by atoms with van der Waals surface area (Å²) in [5, 5.41) is 0.550. The van der Waals surface area contributed by atoms with Gasteiger partial charge in [-0.2, -0.15) is 0 Å². The molecule has 0 unspecified atom stereocenters. The number of aromatic nitrogens is 2. The molecule has 0 aliphatic heterocycles. The van der Waals surface area contributed by atoms with Gasteiger partial charge >= 0.3 is 0 Å². The summed E-state index contributed by atoms with van der Waals surface area (Å²) in [4.78, 5) is 11.2. The lowest BCUT2D eigenvalue weighted by molar-refractivity contribution is 0.992. The Labute approximate surface area is 117 Å². The number of rotatable bonds is 2. The zero-order valence-corrected chi connectivity index (χ0v) is 12.7. The molecule has 2 aromatic rings. The third-order valence-corrected chi connectivity index (χ3v) is 4.90. The van der Waals surface area contributed by atoms with E-state index in [1.54, 1.807) is 11.3 Å². The van der Waals surface area contributed by atoms with Crippen LogP contribution in [0.25, 0.3) is 10.7 Å². The highest BCUT2D eigenvalue weighted by atomic mass is 127. The molecular formula is C11H10ClIN2S. The molecule has 0 amide bonds. The fourth-order valence-electron chi connectivity index (χ4n) is 1.36. The smallest absolute Gasteiger partial charge is 0.171 e. The molecule has 0 N–H and O–H groups in total. The summed E-state index contributed by atoms with van der Waals surface area (Å²) in [5.74, 6) is 0.736. The van der Waals surface area contributed by atoms with Gasteiger partial charge in [-0.1, -0.05) is 18.5 Å². The van der Waals surface area contributed by atoms with Crippen molar-refractivity contribution >= 4 is 45.5 Å². The van der Waals surface area contributed by atoms with E-state index >= 15 is 0 Å². The van der Waals surface area contributed by atoms with E-state index in [0.29, 0.717) is 5.15 Å². The Bertz CT molecular complexity index is 525. The predicted octanol–water partition coefficient (Wildman–Crippen LogP) is 4.33. The van der Waals surface area contributed by atoms with Gasteiger partial charge in [-0.05, 0) is 48.1 Å². The van der Waals surface area contributed by atoms with Gasteiger partial charge in [-0.3, -0.25) is 0 Å². The molecule has 0 aliphatic rings. The van der Waals surface area contributed by atoms with E-state index in [1.807, 2.05) is 6.07 Å². The largest absolute Gasteiger partial charge is 0.231 e. The molecule has 0 spiro atoms. The Balaban J connectivity index is 2.54. The minimum absolute atomic E-state index is 0.550. The topological polar surface area (TPSA) is 25.8 Å². The van der Waals surface area contributed by atoms with Gasteiger partial charge in [0.2, 0.25) is 0 Å². The maximum atomic E-state index is 6.10. The minimum Gasteiger partial charge on any atom is -0.231 e. The third kappa shape index (κ3) is 2.38. The molecule has 0 saturated heterocycles. The highest BCUT2D eigenvalue weighted by Gasteiger charge is 2.11. The first-order valence-electron chi connectivity index (χ1n) is 4.90. The summed E-state index contributed by atoms with van der Waals surface area (Å²) in [6, 6.07) is 4.11. The molecule has 5 heteroatoms. The lowest BCUT2D eigenvalue weighted by Crippen LogP contribution is -1.98. The number of thiophene rings is 1. The molecule has 0 radical (unpaired) electrons. The van der Waals surface area contributed by atoms with Gasteiger partial charge < -0.3 is 0 Å². The number of aryl methyl sites for hydroxylation is 2. The van der Waals surface area contributed by atoms with Crippen molar-refractivity contribution in [3.05, 3.63) is 31.4 Å².